The van der Waals surface area contributed by atoms with Gasteiger partial charge in [0.15, 0.2) is 5.13 Å². The van der Waals surface area contributed by atoms with E-state index in [2.05, 4.69) is 28.5 Å². The Morgan fingerprint density at radius 2 is 1.91 bits per heavy atom. The van der Waals surface area contributed by atoms with Gasteiger partial charge in [-0.25, -0.2) is 4.98 Å². The lowest BCUT2D eigenvalue weighted by molar-refractivity contribution is 0.102. The molecule has 1 aliphatic rings. The quantitative estimate of drug-likeness (QED) is 0.601. The maximum absolute atomic E-state index is 12.4. The summed E-state index contributed by atoms with van der Waals surface area (Å²) < 4.78 is 0. The van der Waals surface area contributed by atoms with Gasteiger partial charge in [-0.15, -0.1) is 11.3 Å². The summed E-state index contributed by atoms with van der Waals surface area (Å²) in [6.07, 6.45) is 0.906. The van der Waals surface area contributed by atoms with Crippen molar-refractivity contribution in [2.75, 3.05) is 5.32 Å². The number of anilines is 1. The van der Waals surface area contributed by atoms with E-state index in [1.165, 1.54) is 16.0 Å². The van der Waals surface area contributed by atoms with Crippen LogP contribution in [0, 0.1) is 6.92 Å². The first kappa shape index (κ1) is 13.2. The summed E-state index contributed by atoms with van der Waals surface area (Å²) in [6.45, 7) is 1.94. The molecule has 2 aromatic carbocycles. The Hall–Kier alpha value is -2.46. The number of hydrogen-bond donors (Lipinski definition) is 1. The van der Waals surface area contributed by atoms with E-state index in [4.69, 9.17) is 0 Å². The summed E-state index contributed by atoms with van der Waals surface area (Å²) in [6, 6.07) is 15.9. The van der Waals surface area contributed by atoms with E-state index < -0.39 is 0 Å². The van der Waals surface area contributed by atoms with Crippen molar-refractivity contribution in [3.05, 3.63) is 70.1 Å². The molecule has 0 bridgehead atoms. The van der Waals surface area contributed by atoms with Crippen molar-refractivity contribution < 1.29 is 4.79 Å². The average Bonchev–Trinajstić information content (AvgIpc) is 3.04. The summed E-state index contributed by atoms with van der Waals surface area (Å²) >= 11 is 1.56. The molecule has 1 heterocycles. The van der Waals surface area contributed by atoms with E-state index in [1.807, 2.05) is 37.3 Å². The second-order valence-corrected chi connectivity index (χ2v) is 6.48. The zero-order chi connectivity index (χ0) is 15.1. The van der Waals surface area contributed by atoms with Crippen LogP contribution in [0.25, 0.3) is 11.3 Å². The van der Waals surface area contributed by atoms with Gasteiger partial charge in [0.2, 0.25) is 0 Å². The van der Waals surface area contributed by atoms with Gasteiger partial charge in [0.25, 0.3) is 5.91 Å². The predicted octanol–water partition coefficient (Wildman–Crippen LogP) is 4.28. The van der Waals surface area contributed by atoms with E-state index in [-0.39, 0.29) is 5.91 Å². The fourth-order valence-electron chi connectivity index (χ4n) is 2.81. The number of hydrogen-bond acceptors (Lipinski definition) is 3. The number of benzene rings is 2. The van der Waals surface area contributed by atoms with Crippen LogP contribution >= 0.6 is 11.3 Å². The van der Waals surface area contributed by atoms with Crippen molar-refractivity contribution in [2.24, 2.45) is 0 Å². The highest BCUT2D eigenvalue weighted by Crippen LogP contribution is 2.40. The van der Waals surface area contributed by atoms with Gasteiger partial charge < -0.3 is 0 Å². The minimum atomic E-state index is -0.0983. The first-order valence-corrected chi connectivity index (χ1v) is 7.99. The van der Waals surface area contributed by atoms with Crippen LogP contribution in [0.3, 0.4) is 0 Å². The van der Waals surface area contributed by atoms with Gasteiger partial charge in [0.1, 0.15) is 0 Å². The van der Waals surface area contributed by atoms with Gasteiger partial charge >= 0.3 is 0 Å². The van der Waals surface area contributed by atoms with Crippen molar-refractivity contribution in [1.82, 2.24) is 4.98 Å². The summed E-state index contributed by atoms with van der Waals surface area (Å²) in [4.78, 5) is 18.2. The summed E-state index contributed by atoms with van der Waals surface area (Å²) in [7, 11) is 0. The Morgan fingerprint density at radius 1 is 1.14 bits per heavy atom. The standard InChI is InChI=1S/C18H14N2OS/c1-11-6-2-4-8-13(11)17(21)20-18-19-16-14-9-5-3-7-12(14)10-15(16)22-18/h2-9H,10H2,1H3,(H,19,20,21). The molecule has 3 nitrogen and oxygen atoms in total. The SMILES string of the molecule is Cc1ccccc1C(=O)Nc1nc2c(s1)Cc1ccccc1-2. The molecule has 1 aliphatic carbocycles. The van der Waals surface area contributed by atoms with Gasteiger partial charge in [-0.05, 0) is 24.1 Å². The number of amides is 1. The minimum Gasteiger partial charge on any atom is -0.298 e. The molecule has 4 rings (SSSR count). The molecular formula is C18H14N2OS. The molecule has 4 heteroatoms. The molecular weight excluding hydrogens is 292 g/mol. The van der Waals surface area contributed by atoms with E-state index in [0.717, 1.165) is 17.7 Å². The second kappa shape index (κ2) is 5.07. The van der Waals surface area contributed by atoms with Crippen LogP contribution in [0.2, 0.25) is 0 Å². The zero-order valence-corrected chi connectivity index (χ0v) is 12.9. The summed E-state index contributed by atoms with van der Waals surface area (Å²) in [5, 5.41) is 3.60. The molecule has 0 saturated heterocycles. The van der Waals surface area contributed by atoms with E-state index in [9.17, 15) is 4.79 Å². The molecule has 0 aliphatic heterocycles. The predicted molar refractivity (Wildman–Crippen MR) is 89.5 cm³/mol. The van der Waals surface area contributed by atoms with Gasteiger partial charge in [-0.3, -0.25) is 10.1 Å². The molecule has 3 aromatic rings. The Balaban J connectivity index is 1.62. The molecule has 0 saturated carbocycles. The highest BCUT2D eigenvalue weighted by Gasteiger charge is 2.23. The number of carbonyl (C=O) groups excluding carboxylic acids is 1. The third kappa shape index (κ3) is 2.12. The Labute approximate surface area is 132 Å². The van der Waals surface area contributed by atoms with E-state index in [0.29, 0.717) is 10.7 Å². The van der Waals surface area contributed by atoms with E-state index >= 15 is 0 Å². The third-order valence-electron chi connectivity index (χ3n) is 3.93. The molecule has 0 fully saturated rings. The van der Waals surface area contributed by atoms with Gasteiger partial charge in [-0.2, -0.15) is 0 Å². The first-order valence-electron chi connectivity index (χ1n) is 7.17. The Morgan fingerprint density at radius 3 is 2.77 bits per heavy atom. The van der Waals surface area contributed by atoms with Crippen molar-refractivity contribution in [3.63, 3.8) is 0 Å². The highest BCUT2D eigenvalue weighted by atomic mass is 32.1. The van der Waals surface area contributed by atoms with Crippen LogP contribution in [0.5, 0.6) is 0 Å². The lowest BCUT2D eigenvalue weighted by Crippen LogP contribution is -2.13. The van der Waals surface area contributed by atoms with Crippen LogP contribution < -0.4 is 5.32 Å². The topological polar surface area (TPSA) is 42.0 Å². The normalized spacial score (nSPS) is 11.9. The fraction of sp³-hybridized carbons (Fsp3) is 0.111. The minimum absolute atomic E-state index is 0.0983. The third-order valence-corrected chi connectivity index (χ3v) is 4.90. The summed E-state index contributed by atoms with van der Waals surface area (Å²) in [5.41, 5.74) is 5.17. The van der Waals surface area contributed by atoms with Crippen molar-refractivity contribution >= 4 is 22.4 Å². The monoisotopic (exact) mass is 306 g/mol. The average molecular weight is 306 g/mol. The number of aryl methyl sites for hydroxylation is 1. The molecule has 1 amide bonds. The van der Waals surface area contributed by atoms with Gasteiger partial charge in [0.05, 0.1) is 5.69 Å². The maximum Gasteiger partial charge on any atom is 0.257 e. The zero-order valence-electron chi connectivity index (χ0n) is 12.1. The maximum atomic E-state index is 12.4. The second-order valence-electron chi connectivity index (χ2n) is 5.39. The van der Waals surface area contributed by atoms with Crippen LogP contribution in [-0.4, -0.2) is 10.9 Å². The fourth-order valence-corrected chi connectivity index (χ4v) is 3.80. The van der Waals surface area contributed by atoms with Crippen molar-refractivity contribution in [1.29, 1.82) is 0 Å². The lowest BCUT2D eigenvalue weighted by atomic mass is 10.1. The van der Waals surface area contributed by atoms with Crippen molar-refractivity contribution in [3.8, 4) is 11.3 Å². The van der Waals surface area contributed by atoms with E-state index in [1.54, 1.807) is 11.3 Å². The van der Waals surface area contributed by atoms with Gasteiger partial charge in [0, 0.05) is 22.4 Å². The summed E-state index contributed by atoms with van der Waals surface area (Å²) in [5.74, 6) is -0.0983. The van der Waals surface area contributed by atoms with Crippen LogP contribution in [-0.2, 0) is 6.42 Å². The highest BCUT2D eigenvalue weighted by molar-refractivity contribution is 7.16. The molecule has 0 spiro atoms. The number of thiazole rings is 1. The molecule has 1 N–H and O–H groups in total. The number of nitrogens with zero attached hydrogens (tertiary/aromatic N) is 1. The number of rotatable bonds is 2. The number of aromatic nitrogens is 1. The van der Waals surface area contributed by atoms with Crippen molar-refractivity contribution in [2.45, 2.75) is 13.3 Å². The molecule has 108 valence electrons. The smallest absolute Gasteiger partial charge is 0.257 e. The van der Waals surface area contributed by atoms with Crippen LogP contribution in [0.4, 0.5) is 5.13 Å². The molecule has 1 aromatic heterocycles. The van der Waals surface area contributed by atoms with Gasteiger partial charge in [-0.1, -0.05) is 42.5 Å². The number of carbonyl (C=O) groups is 1. The van der Waals surface area contributed by atoms with Crippen LogP contribution in [0.1, 0.15) is 26.4 Å². The number of fused-ring (bicyclic) bond motifs is 3. The first-order chi connectivity index (χ1) is 10.7. The Bertz CT molecular complexity index is 882. The molecule has 0 atom stereocenters. The Kier molecular flexibility index (Phi) is 3.05. The molecule has 0 unspecified atom stereocenters. The lowest BCUT2D eigenvalue weighted by Gasteiger charge is -2.05. The largest absolute Gasteiger partial charge is 0.298 e. The van der Waals surface area contributed by atoms with Crippen LogP contribution in [0.15, 0.2) is 48.5 Å². The number of nitrogens with one attached hydrogen (secondary N) is 1. The molecule has 0 radical (unpaired) electrons. The molecule has 22 heavy (non-hydrogen) atoms.